The summed E-state index contributed by atoms with van der Waals surface area (Å²) in [5.74, 6) is -3.06. The van der Waals surface area contributed by atoms with Crippen LogP contribution in [0.4, 0.5) is 9.93 Å². The zero-order chi connectivity index (χ0) is 27.4. The minimum Gasteiger partial charge on any atom is -0.445 e. The summed E-state index contributed by atoms with van der Waals surface area (Å²) in [5.41, 5.74) is 5.24. The maximum Gasteiger partial charge on any atom is 0.409 e. The smallest absolute Gasteiger partial charge is 0.409 e. The number of β-lactam (4-membered cyclic amide) rings is 1. The maximum absolute atomic E-state index is 13.1. The number of carbonyl (C=O) groups is 5. The largest absolute Gasteiger partial charge is 0.445 e. The van der Waals surface area contributed by atoms with Gasteiger partial charge in [0.25, 0.3) is 11.8 Å². The van der Waals surface area contributed by atoms with E-state index in [0.29, 0.717) is 0 Å². The third kappa shape index (κ3) is 6.11. The van der Waals surface area contributed by atoms with Gasteiger partial charge in [0.1, 0.15) is 29.4 Å². The Hall–Kier alpha value is -3.86. The van der Waals surface area contributed by atoms with Gasteiger partial charge >= 0.3 is 18.0 Å². The summed E-state index contributed by atoms with van der Waals surface area (Å²) in [7, 11) is 2.96. The number of aromatic nitrogens is 1. The van der Waals surface area contributed by atoms with Crippen molar-refractivity contribution in [2.75, 3.05) is 32.2 Å². The lowest BCUT2D eigenvalue weighted by Crippen LogP contribution is -2.71. The quantitative estimate of drug-likeness (QED) is 0.0944. The Morgan fingerprint density at radius 1 is 1.35 bits per heavy atom. The molecule has 1 saturated heterocycles. The van der Waals surface area contributed by atoms with Crippen molar-refractivity contribution in [3.63, 3.8) is 0 Å². The second-order valence-electron chi connectivity index (χ2n) is 7.86. The van der Waals surface area contributed by atoms with Crippen molar-refractivity contribution in [2.24, 2.45) is 5.16 Å². The van der Waals surface area contributed by atoms with Crippen LogP contribution in [-0.2, 0) is 33.4 Å². The lowest BCUT2D eigenvalue weighted by atomic mass is 10.0. The van der Waals surface area contributed by atoms with Gasteiger partial charge in [0.2, 0.25) is 6.29 Å². The van der Waals surface area contributed by atoms with Gasteiger partial charge in [0.15, 0.2) is 10.8 Å². The topological polar surface area (TPSA) is 203 Å². The third-order valence-corrected chi connectivity index (χ3v) is 6.96. The van der Waals surface area contributed by atoms with Crippen LogP contribution in [0, 0.1) is 0 Å². The Labute approximate surface area is 218 Å². The molecule has 0 aromatic carbocycles. The van der Waals surface area contributed by atoms with Crippen molar-refractivity contribution in [3.8, 4) is 0 Å². The summed E-state index contributed by atoms with van der Waals surface area (Å²) < 4.78 is 15.2. The van der Waals surface area contributed by atoms with E-state index in [4.69, 9.17) is 19.9 Å². The average Bonchev–Trinajstić information content (AvgIpc) is 3.25. The number of esters is 2. The number of ether oxygens (including phenoxy) is 3. The molecule has 0 saturated carbocycles. The van der Waals surface area contributed by atoms with Crippen LogP contribution >= 0.6 is 23.1 Å². The Balaban J connectivity index is 1.81. The average molecular weight is 557 g/mol. The molecule has 4 N–H and O–H groups in total. The van der Waals surface area contributed by atoms with E-state index in [0.717, 1.165) is 23.2 Å². The Morgan fingerprint density at radius 3 is 2.62 bits per heavy atom. The van der Waals surface area contributed by atoms with Gasteiger partial charge in [-0.25, -0.2) is 14.6 Å². The molecule has 2 aliphatic rings. The number of carbonyl (C=O) groups excluding carboxylic acids is 5. The molecule has 1 aromatic rings. The molecule has 0 aliphatic carbocycles. The minimum absolute atomic E-state index is 0.0241. The lowest BCUT2D eigenvalue weighted by molar-refractivity contribution is -0.182. The van der Waals surface area contributed by atoms with E-state index in [1.54, 1.807) is 0 Å². The number of anilines is 1. The normalized spacial score (nSPS) is 19.8. The van der Waals surface area contributed by atoms with Crippen LogP contribution in [0.25, 0.3) is 0 Å². The van der Waals surface area contributed by atoms with Gasteiger partial charge in [-0.1, -0.05) is 5.16 Å². The number of amides is 3. The monoisotopic (exact) mass is 556 g/mol. The van der Waals surface area contributed by atoms with Crippen molar-refractivity contribution < 1.29 is 43.4 Å². The molecule has 3 atom stereocenters. The summed E-state index contributed by atoms with van der Waals surface area (Å²) >= 11 is 2.23. The molecule has 3 heterocycles. The highest BCUT2D eigenvalue weighted by molar-refractivity contribution is 8.00. The van der Waals surface area contributed by atoms with E-state index >= 15 is 0 Å². The first-order valence-electron chi connectivity index (χ1n) is 10.6. The number of nitrogens with zero attached hydrogens (tertiary/aromatic N) is 4. The zero-order valence-electron chi connectivity index (χ0n) is 20.1. The molecule has 2 aliphatic heterocycles. The van der Waals surface area contributed by atoms with Crippen molar-refractivity contribution in [1.29, 1.82) is 0 Å². The van der Waals surface area contributed by atoms with Crippen molar-refractivity contribution in [2.45, 2.75) is 31.6 Å². The summed E-state index contributed by atoms with van der Waals surface area (Å²) in [6.45, 7) is 2.15. The predicted octanol–water partition coefficient (Wildman–Crippen LogP) is -0.292. The molecule has 3 amide bonds. The minimum atomic E-state index is -1.25. The number of rotatable bonds is 8. The van der Waals surface area contributed by atoms with E-state index in [1.807, 2.05) is 0 Å². The number of oxime groups is 1. The zero-order valence-corrected chi connectivity index (χ0v) is 21.8. The van der Waals surface area contributed by atoms with Gasteiger partial charge in [-0.3, -0.25) is 19.3 Å². The number of hydrogen-bond donors (Lipinski definition) is 3. The SMILES string of the molecule is CC(=O)OC(C)OC(=O)C1=C(COC(=O)N(C)C)CS[C@H]2C(NC(=O)/C(=N\O)c3csc(N)n3)C(=O)N12. The fraction of sp³-hybridized carbons (Fsp3) is 0.450. The van der Waals surface area contributed by atoms with Crippen LogP contribution in [0.3, 0.4) is 0 Å². The highest BCUT2D eigenvalue weighted by atomic mass is 32.2. The molecule has 200 valence electrons. The van der Waals surface area contributed by atoms with Crippen LogP contribution in [-0.4, -0.2) is 99.7 Å². The van der Waals surface area contributed by atoms with Gasteiger partial charge in [-0.15, -0.1) is 23.1 Å². The second kappa shape index (κ2) is 11.5. The van der Waals surface area contributed by atoms with E-state index in [-0.39, 0.29) is 34.5 Å². The van der Waals surface area contributed by atoms with Crippen molar-refractivity contribution in [1.82, 2.24) is 20.1 Å². The van der Waals surface area contributed by atoms with Crippen LogP contribution in [0.2, 0.25) is 0 Å². The molecule has 0 radical (unpaired) electrons. The first-order valence-corrected chi connectivity index (χ1v) is 12.5. The van der Waals surface area contributed by atoms with Crippen molar-refractivity contribution in [3.05, 3.63) is 22.3 Å². The van der Waals surface area contributed by atoms with E-state index < -0.39 is 53.3 Å². The van der Waals surface area contributed by atoms with Crippen LogP contribution < -0.4 is 11.1 Å². The molecule has 1 aromatic heterocycles. The van der Waals surface area contributed by atoms with Gasteiger partial charge in [0, 0.05) is 44.6 Å². The molecule has 0 bridgehead atoms. The van der Waals surface area contributed by atoms with Crippen LogP contribution in [0.1, 0.15) is 19.5 Å². The molecule has 15 nitrogen and oxygen atoms in total. The number of nitrogens with one attached hydrogen (secondary N) is 1. The fourth-order valence-electron chi connectivity index (χ4n) is 3.34. The Bertz CT molecular complexity index is 1180. The number of thioether (sulfide) groups is 1. The summed E-state index contributed by atoms with van der Waals surface area (Å²) in [6, 6.07) is -1.08. The third-order valence-electron chi connectivity index (χ3n) is 4.95. The Kier molecular flexibility index (Phi) is 8.59. The first kappa shape index (κ1) is 27.7. The van der Waals surface area contributed by atoms with Gasteiger partial charge < -0.3 is 35.4 Å². The number of hydrogen-bond acceptors (Lipinski definition) is 14. The van der Waals surface area contributed by atoms with Gasteiger partial charge in [0.05, 0.1) is 0 Å². The Morgan fingerprint density at radius 2 is 2.05 bits per heavy atom. The van der Waals surface area contributed by atoms with Crippen LogP contribution in [0.5, 0.6) is 0 Å². The number of nitrogens with two attached hydrogens (primary N) is 1. The highest BCUT2D eigenvalue weighted by Crippen LogP contribution is 2.41. The second-order valence-corrected chi connectivity index (χ2v) is 9.86. The molecule has 0 spiro atoms. The molecule has 2 unspecified atom stereocenters. The molecular weight excluding hydrogens is 532 g/mol. The molecular formula is C20H24N6O9S2. The molecule has 17 heteroatoms. The number of fused-ring (bicyclic) bond motifs is 1. The number of nitrogen functional groups attached to an aromatic ring is 1. The van der Waals surface area contributed by atoms with E-state index in [9.17, 15) is 29.2 Å². The standard InChI is InChI=1S/C20H24N6O9S2/c1-8(27)34-9(2)35-18(30)14-10(5-33-20(31)25(3)4)6-36-17-13(16(29)26(14)17)23-15(28)12(24-32)11-7-37-19(21)22-11/h7,9,13,17,32H,5-6H2,1-4H3,(H2,21,22)(H,23,28)/b24-12-/t9?,13?,17-/m0/s1. The highest BCUT2D eigenvalue weighted by Gasteiger charge is 2.55. The predicted molar refractivity (Wildman–Crippen MR) is 129 cm³/mol. The lowest BCUT2D eigenvalue weighted by Gasteiger charge is -2.49. The number of thiazole rings is 1. The van der Waals surface area contributed by atoms with E-state index in [2.05, 4.69) is 15.5 Å². The van der Waals surface area contributed by atoms with Gasteiger partial charge in [-0.05, 0) is 0 Å². The summed E-state index contributed by atoms with van der Waals surface area (Å²) in [6.07, 6.45) is -1.92. The first-order chi connectivity index (χ1) is 17.4. The fourth-order valence-corrected chi connectivity index (χ4v) is 5.22. The van der Waals surface area contributed by atoms with Gasteiger partial charge in [-0.2, -0.15) is 0 Å². The molecule has 3 rings (SSSR count). The molecule has 37 heavy (non-hydrogen) atoms. The van der Waals surface area contributed by atoms with Crippen molar-refractivity contribution >= 4 is 63.8 Å². The maximum atomic E-state index is 13.1. The molecule has 1 fully saturated rings. The van der Waals surface area contributed by atoms with Crippen LogP contribution in [0.15, 0.2) is 21.8 Å². The van der Waals surface area contributed by atoms with E-state index in [1.165, 1.54) is 43.1 Å². The summed E-state index contributed by atoms with van der Waals surface area (Å²) in [4.78, 5) is 68.1. The summed E-state index contributed by atoms with van der Waals surface area (Å²) in [5, 5.41) is 15.6.